The summed E-state index contributed by atoms with van der Waals surface area (Å²) >= 11 is 0. The molecule has 0 fully saturated rings. The van der Waals surface area contributed by atoms with Gasteiger partial charge in [0, 0.05) is 39.2 Å². The standard InChI is InChI=1S/C27H29NO3.C20H25NO2/c1-22(29)26(17-18-27(30)31-21-25-15-9-4-10-16-25)28(19-23-11-5-2-6-12-23)20-24-13-7-3-8-14-24;1-17(23)20(13-8-14-22)21(15-18-9-4-2-5-10-18)16-19-11-6-3-7-12-19/h2-16,26H,17-21H2,1H3;2-7,9-12,20,22H,8,13-16H2,1H3/t26-;20-/m11/s1. The van der Waals surface area contributed by atoms with Crippen LogP contribution in [0.4, 0.5) is 0 Å². The van der Waals surface area contributed by atoms with Crippen molar-refractivity contribution < 1.29 is 24.2 Å². The molecular formula is C47H54N2O5. The maximum Gasteiger partial charge on any atom is 0.306 e. The first-order chi connectivity index (χ1) is 26.3. The third-order valence-electron chi connectivity index (χ3n) is 9.23. The summed E-state index contributed by atoms with van der Waals surface area (Å²) in [6.45, 7) is 6.35. The maximum atomic E-state index is 12.6. The lowest BCUT2D eigenvalue weighted by molar-refractivity contribution is -0.145. The normalized spacial score (nSPS) is 12.0. The molecule has 1 N–H and O–H groups in total. The first-order valence-corrected chi connectivity index (χ1v) is 18.8. The topological polar surface area (TPSA) is 87.2 Å². The number of aliphatic hydroxyl groups excluding tert-OH is 1. The van der Waals surface area contributed by atoms with E-state index in [1.165, 1.54) is 11.1 Å². The van der Waals surface area contributed by atoms with Gasteiger partial charge in [0.05, 0.1) is 12.1 Å². The lowest BCUT2D eigenvalue weighted by atomic mass is 10.0. The van der Waals surface area contributed by atoms with Crippen molar-refractivity contribution in [2.75, 3.05) is 6.61 Å². The molecule has 0 aromatic heterocycles. The minimum absolute atomic E-state index is 0.0581. The number of carbonyl (C=O) groups is 3. The van der Waals surface area contributed by atoms with Gasteiger partial charge in [-0.1, -0.05) is 152 Å². The number of carbonyl (C=O) groups excluding carboxylic acids is 3. The van der Waals surface area contributed by atoms with E-state index in [0.717, 1.165) is 29.8 Å². The molecule has 5 aromatic rings. The molecule has 0 radical (unpaired) electrons. The molecule has 0 aliphatic heterocycles. The van der Waals surface area contributed by atoms with Crippen LogP contribution in [0.1, 0.15) is 67.3 Å². The van der Waals surface area contributed by atoms with Gasteiger partial charge in [0.25, 0.3) is 0 Å². The summed E-state index contributed by atoms with van der Waals surface area (Å²) in [6, 6.07) is 49.7. The molecule has 282 valence electrons. The lowest BCUT2D eigenvalue weighted by Crippen LogP contribution is -2.39. The minimum atomic E-state index is -0.357. The van der Waals surface area contributed by atoms with E-state index in [4.69, 9.17) is 9.84 Å². The van der Waals surface area contributed by atoms with Gasteiger partial charge in [0.15, 0.2) is 0 Å². The van der Waals surface area contributed by atoms with Crippen LogP contribution in [-0.4, -0.2) is 51.1 Å². The van der Waals surface area contributed by atoms with Crippen LogP contribution in [0.15, 0.2) is 152 Å². The second-order valence-corrected chi connectivity index (χ2v) is 13.6. The second kappa shape index (κ2) is 23.5. The third-order valence-corrected chi connectivity index (χ3v) is 9.23. The van der Waals surface area contributed by atoms with Crippen LogP contribution < -0.4 is 0 Å². The van der Waals surface area contributed by atoms with Crippen LogP contribution in [-0.2, 0) is 51.9 Å². The summed E-state index contributed by atoms with van der Waals surface area (Å²) in [5.41, 5.74) is 5.61. The van der Waals surface area contributed by atoms with Gasteiger partial charge in [-0.2, -0.15) is 0 Å². The van der Waals surface area contributed by atoms with E-state index in [2.05, 4.69) is 58.3 Å². The number of benzene rings is 5. The Bertz CT molecular complexity index is 1700. The molecule has 0 aliphatic carbocycles. The van der Waals surface area contributed by atoms with E-state index in [9.17, 15) is 14.4 Å². The van der Waals surface area contributed by atoms with Gasteiger partial charge in [0.2, 0.25) is 0 Å². The van der Waals surface area contributed by atoms with Crippen molar-refractivity contribution in [2.45, 2.75) is 84.4 Å². The van der Waals surface area contributed by atoms with Gasteiger partial charge in [-0.3, -0.25) is 24.2 Å². The Kier molecular flexibility index (Phi) is 18.0. The molecule has 0 bridgehead atoms. The number of Topliss-reactive ketones (excluding diaryl/α,β-unsaturated/α-hetero) is 2. The smallest absolute Gasteiger partial charge is 0.306 e. The van der Waals surface area contributed by atoms with Crippen molar-refractivity contribution >= 4 is 17.5 Å². The molecule has 2 atom stereocenters. The Labute approximate surface area is 321 Å². The summed E-state index contributed by atoms with van der Waals surface area (Å²) in [5.74, 6) is -0.0671. The summed E-state index contributed by atoms with van der Waals surface area (Å²) in [6.07, 6.45) is 1.97. The highest BCUT2D eigenvalue weighted by Crippen LogP contribution is 2.19. The Morgan fingerprint density at radius 1 is 0.500 bits per heavy atom. The van der Waals surface area contributed by atoms with Gasteiger partial charge in [-0.15, -0.1) is 0 Å². The molecule has 7 heteroatoms. The number of hydrogen-bond donors (Lipinski definition) is 1. The van der Waals surface area contributed by atoms with Crippen LogP contribution >= 0.6 is 0 Å². The zero-order chi connectivity index (χ0) is 38.4. The van der Waals surface area contributed by atoms with Gasteiger partial charge in [0.1, 0.15) is 18.2 Å². The summed E-state index contributed by atoms with van der Waals surface area (Å²) in [7, 11) is 0. The predicted molar refractivity (Wildman–Crippen MR) is 215 cm³/mol. The molecule has 7 nitrogen and oxygen atoms in total. The van der Waals surface area contributed by atoms with Crippen molar-refractivity contribution in [2.24, 2.45) is 0 Å². The lowest BCUT2D eigenvalue weighted by Gasteiger charge is -2.30. The number of aliphatic hydroxyl groups is 1. The van der Waals surface area contributed by atoms with E-state index in [0.29, 0.717) is 32.4 Å². The van der Waals surface area contributed by atoms with Crippen LogP contribution in [0.2, 0.25) is 0 Å². The van der Waals surface area contributed by atoms with E-state index in [-0.39, 0.29) is 49.3 Å². The van der Waals surface area contributed by atoms with Gasteiger partial charge in [-0.25, -0.2) is 0 Å². The number of hydrogen-bond acceptors (Lipinski definition) is 7. The van der Waals surface area contributed by atoms with Crippen molar-refractivity contribution in [1.29, 1.82) is 0 Å². The summed E-state index contributed by atoms with van der Waals surface area (Å²) < 4.78 is 5.41. The molecule has 0 spiro atoms. The van der Waals surface area contributed by atoms with Gasteiger partial charge < -0.3 is 9.84 Å². The van der Waals surface area contributed by atoms with E-state index in [1.807, 2.05) is 103 Å². The summed E-state index contributed by atoms with van der Waals surface area (Å²) in [4.78, 5) is 41.4. The first-order valence-electron chi connectivity index (χ1n) is 18.8. The zero-order valence-electron chi connectivity index (χ0n) is 31.6. The molecule has 0 amide bonds. The summed E-state index contributed by atoms with van der Waals surface area (Å²) in [5, 5.41) is 9.13. The number of ether oxygens (including phenoxy) is 1. The quantitative estimate of drug-likeness (QED) is 0.0805. The molecule has 0 heterocycles. The number of rotatable bonds is 20. The third kappa shape index (κ3) is 15.0. The Hall–Kier alpha value is -5.21. The molecule has 54 heavy (non-hydrogen) atoms. The number of esters is 1. The molecule has 0 unspecified atom stereocenters. The fourth-order valence-electron chi connectivity index (χ4n) is 6.46. The minimum Gasteiger partial charge on any atom is -0.461 e. The SMILES string of the molecule is CC(=O)[C@@H](CCC(=O)OCc1ccccc1)N(Cc1ccccc1)Cc1ccccc1.CC(=O)[C@@H](CCCO)N(Cc1ccccc1)Cc1ccccc1. The van der Waals surface area contributed by atoms with Crippen LogP contribution in [0.25, 0.3) is 0 Å². The first kappa shape index (κ1) is 41.5. The Balaban J connectivity index is 0.000000252. The van der Waals surface area contributed by atoms with E-state index < -0.39 is 0 Å². The number of nitrogens with zero attached hydrogens (tertiary/aromatic N) is 2. The Morgan fingerprint density at radius 2 is 0.815 bits per heavy atom. The monoisotopic (exact) mass is 726 g/mol. The second-order valence-electron chi connectivity index (χ2n) is 13.6. The van der Waals surface area contributed by atoms with Gasteiger partial charge >= 0.3 is 5.97 Å². The van der Waals surface area contributed by atoms with Crippen molar-refractivity contribution in [1.82, 2.24) is 9.80 Å². The largest absolute Gasteiger partial charge is 0.461 e. The van der Waals surface area contributed by atoms with Crippen molar-refractivity contribution in [3.63, 3.8) is 0 Å². The van der Waals surface area contributed by atoms with E-state index >= 15 is 0 Å². The molecule has 0 aliphatic rings. The van der Waals surface area contributed by atoms with Gasteiger partial charge in [-0.05, 0) is 60.9 Å². The highest BCUT2D eigenvalue weighted by atomic mass is 16.5. The average Bonchev–Trinajstić information content (AvgIpc) is 3.19. The zero-order valence-corrected chi connectivity index (χ0v) is 31.6. The number of ketones is 2. The average molecular weight is 727 g/mol. The van der Waals surface area contributed by atoms with Crippen molar-refractivity contribution in [3.8, 4) is 0 Å². The fourth-order valence-corrected chi connectivity index (χ4v) is 6.46. The van der Waals surface area contributed by atoms with Crippen LogP contribution in [0.5, 0.6) is 0 Å². The molecule has 5 rings (SSSR count). The van der Waals surface area contributed by atoms with Crippen LogP contribution in [0.3, 0.4) is 0 Å². The molecular weight excluding hydrogens is 673 g/mol. The molecule has 0 saturated carbocycles. The molecule has 5 aromatic carbocycles. The Morgan fingerprint density at radius 3 is 1.13 bits per heavy atom. The predicted octanol–water partition coefficient (Wildman–Crippen LogP) is 8.59. The highest BCUT2D eigenvalue weighted by molar-refractivity contribution is 5.82. The van der Waals surface area contributed by atoms with Crippen LogP contribution in [0, 0.1) is 0 Å². The highest BCUT2D eigenvalue weighted by Gasteiger charge is 2.25. The van der Waals surface area contributed by atoms with E-state index in [1.54, 1.807) is 13.8 Å². The van der Waals surface area contributed by atoms with Crippen molar-refractivity contribution in [3.05, 3.63) is 179 Å². The maximum absolute atomic E-state index is 12.6. The fraction of sp³-hybridized carbons (Fsp3) is 0.298. The molecule has 0 saturated heterocycles.